The third-order valence-corrected chi connectivity index (χ3v) is 9.99. The highest BCUT2D eigenvalue weighted by Crippen LogP contribution is 2.33. The third kappa shape index (κ3) is 8.52. The summed E-state index contributed by atoms with van der Waals surface area (Å²) in [6.07, 6.45) is 5.06. The molecule has 1 N–H and O–H groups in total. The Morgan fingerprint density at radius 2 is 1.72 bits per heavy atom. The number of benzene rings is 3. The number of amides is 2. The van der Waals surface area contributed by atoms with Crippen LogP contribution in [0.5, 0.6) is 5.75 Å². The lowest BCUT2D eigenvalue weighted by molar-refractivity contribution is -0.139. The Bertz CT molecular complexity index is 1510. The predicted molar refractivity (Wildman–Crippen MR) is 173 cm³/mol. The summed E-state index contributed by atoms with van der Waals surface area (Å²) >= 11 is 9.52. The van der Waals surface area contributed by atoms with Crippen LogP contribution in [0.15, 0.2) is 82.2 Å². The summed E-state index contributed by atoms with van der Waals surface area (Å²) in [5.74, 6) is -0.482. The Kier molecular flexibility index (Phi) is 11.5. The number of nitrogens with one attached hydrogen (secondary N) is 1. The number of hydrogen-bond acceptors (Lipinski definition) is 5. The molecule has 0 radical (unpaired) electrons. The van der Waals surface area contributed by atoms with Gasteiger partial charge >= 0.3 is 0 Å². The summed E-state index contributed by atoms with van der Waals surface area (Å²) < 4.78 is 35.8. The van der Waals surface area contributed by atoms with Crippen LogP contribution < -0.4 is 14.4 Å². The van der Waals surface area contributed by atoms with Crippen molar-refractivity contribution in [2.75, 3.05) is 17.5 Å². The van der Waals surface area contributed by atoms with Gasteiger partial charge < -0.3 is 15.0 Å². The normalized spacial score (nSPS) is 14.5. The van der Waals surface area contributed by atoms with Gasteiger partial charge in [-0.25, -0.2) is 8.42 Å². The first-order valence-corrected chi connectivity index (χ1v) is 17.1. The molecule has 0 bridgehead atoms. The number of para-hydroxylation sites is 2. The summed E-state index contributed by atoms with van der Waals surface area (Å²) in [5.41, 5.74) is 1.01. The van der Waals surface area contributed by atoms with Gasteiger partial charge in [0, 0.05) is 22.1 Å². The second-order valence-corrected chi connectivity index (χ2v) is 13.8. The Hall–Kier alpha value is -3.08. The first-order chi connectivity index (χ1) is 20.6. The van der Waals surface area contributed by atoms with Crippen LogP contribution in [-0.4, -0.2) is 50.4 Å². The lowest BCUT2D eigenvalue weighted by atomic mass is 9.95. The molecule has 1 aliphatic rings. The number of sulfonamides is 1. The molecule has 8 nitrogen and oxygen atoms in total. The molecular formula is C32H37BrClN3O5S. The lowest BCUT2D eigenvalue weighted by Gasteiger charge is -2.33. The summed E-state index contributed by atoms with van der Waals surface area (Å²) in [6.45, 7) is 3.34. The van der Waals surface area contributed by atoms with E-state index in [-0.39, 0.29) is 29.1 Å². The fourth-order valence-corrected chi connectivity index (χ4v) is 7.17. The first-order valence-electron chi connectivity index (χ1n) is 14.4. The van der Waals surface area contributed by atoms with E-state index in [1.165, 1.54) is 29.2 Å². The molecule has 0 aliphatic heterocycles. The zero-order valence-corrected chi connectivity index (χ0v) is 27.5. The van der Waals surface area contributed by atoms with E-state index in [0.717, 1.165) is 46.4 Å². The van der Waals surface area contributed by atoms with E-state index in [4.69, 9.17) is 16.3 Å². The van der Waals surface area contributed by atoms with Crippen LogP contribution in [0.25, 0.3) is 0 Å². The van der Waals surface area contributed by atoms with Gasteiger partial charge in [0.05, 0.1) is 17.2 Å². The van der Waals surface area contributed by atoms with E-state index >= 15 is 0 Å². The smallest absolute Gasteiger partial charge is 0.264 e. The van der Waals surface area contributed by atoms with Gasteiger partial charge in [-0.2, -0.15) is 0 Å². The van der Waals surface area contributed by atoms with Crippen molar-refractivity contribution in [3.8, 4) is 5.75 Å². The van der Waals surface area contributed by atoms with Gasteiger partial charge in [-0.15, -0.1) is 0 Å². The van der Waals surface area contributed by atoms with E-state index in [1.54, 1.807) is 38.1 Å². The molecule has 3 aromatic rings. The molecule has 1 saturated carbocycles. The fraction of sp³-hybridized carbons (Fsp3) is 0.375. The molecule has 11 heteroatoms. The zero-order valence-electron chi connectivity index (χ0n) is 24.3. The predicted octanol–water partition coefficient (Wildman–Crippen LogP) is 6.56. The van der Waals surface area contributed by atoms with Crippen molar-refractivity contribution >= 4 is 55.1 Å². The van der Waals surface area contributed by atoms with Gasteiger partial charge in [0.25, 0.3) is 10.0 Å². The Morgan fingerprint density at radius 1 is 1.02 bits per heavy atom. The molecule has 43 heavy (non-hydrogen) atoms. The van der Waals surface area contributed by atoms with Crippen molar-refractivity contribution in [3.63, 3.8) is 0 Å². The Balaban J connectivity index is 1.72. The molecule has 0 saturated heterocycles. The highest BCUT2D eigenvalue weighted by atomic mass is 79.9. The standard InChI is InChI=1S/C32H37BrClN3O5S/c1-3-42-30-15-8-7-14-29(30)37(43(40,41)28-18-16-26(34)17-19-28)22-31(38)36(21-24-10-9-11-25(33)20-24)23(2)32(39)35-27-12-5-4-6-13-27/h7-11,14-20,23,27H,3-6,12-13,21-22H2,1-2H3,(H,35,39)/t23-/m0/s1. The number of rotatable bonds is 12. The monoisotopic (exact) mass is 689 g/mol. The lowest BCUT2D eigenvalue weighted by Crippen LogP contribution is -2.53. The molecule has 1 atom stereocenters. The van der Waals surface area contributed by atoms with Crippen LogP contribution in [0.3, 0.4) is 0 Å². The van der Waals surface area contributed by atoms with Gasteiger partial charge in [0.1, 0.15) is 18.3 Å². The van der Waals surface area contributed by atoms with E-state index < -0.39 is 28.5 Å². The molecule has 1 aliphatic carbocycles. The van der Waals surface area contributed by atoms with Crippen molar-refractivity contribution in [2.24, 2.45) is 0 Å². The summed E-state index contributed by atoms with van der Waals surface area (Å²) in [4.78, 5) is 29.1. The van der Waals surface area contributed by atoms with Crippen molar-refractivity contribution in [1.29, 1.82) is 0 Å². The van der Waals surface area contributed by atoms with Crippen molar-refractivity contribution < 1.29 is 22.7 Å². The maximum absolute atomic E-state index is 14.2. The fourth-order valence-electron chi connectivity index (χ4n) is 5.17. The average molecular weight is 691 g/mol. The topological polar surface area (TPSA) is 96.0 Å². The molecule has 3 aromatic carbocycles. The van der Waals surface area contributed by atoms with E-state index in [0.29, 0.717) is 17.4 Å². The van der Waals surface area contributed by atoms with Crippen LogP contribution in [0.4, 0.5) is 5.69 Å². The van der Waals surface area contributed by atoms with E-state index in [2.05, 4.69) is 21.2 Å². The maximum atomic E-state index is 14.2. The number of anilines is 1. The maximum Gasteiger partial charge on any atom is 0.264 e. The van der Waals surface area contributed by atoms with E-state index in [9.17, 15) is 18.0 Å². The molecule has 2 amide bonds. The van der Waals surface area contributed by atoms with Crippen molar-refractivity contribution in [3.05, 3.63) is 87.9 Å². The summed E-state index contributed by atoms with van der Waals surface area (Å²) in [7, 11) is -4.25. The van der Waals surface area contributed by atoms with Gasteiger partial charge in [-0.3, -0.25) is 13.9 Å². The van der Waals surface area contributed by atoms with Crippen LogP contribution in [0.2, 0.25) is 5.02 Å². The first kappa shape index (κ1) is 32.8. The number of carbonyl (C=O) groups excluding carboxylic acids is 2. The largest absolute Gasteiger partial charge is 0.492 e. The minimum atomic E-state index is -4.25. The molecule has 0 spiro atoms. The van der Waals surface area contributed by atoms with Gasteiger partial charge in [-0.1, -0.05) is 71.1 Å². The molecule has 0 unspecified atom stereocenters. The van der Waals surface area contributed by atoms with Gasteiger partial charge in [0.2, 0.25) is 11.8 Å². The number of carbonyl (C=O) groups is 2. The number of nitrogens with zero attached hydrogens (tertiary/aromatic N) is 2. The highest BCUT2D eigenvalue weighted by molar-refractivity contribution is 9.10. The average Bonchev–Trinajstić information content (AvgIpc) is 2.99. The zero-order chi connectivity index (χ0) is 31.0. The highest BCUT2D eigenvalue weighted by Gasteiger charge is 2.34. The Labute approximate surface area is 267 Å². The number of hydrogen-bond donors (Lipinski definition) is 1. The second-order valence-electron chi connectivity index (χ2n) is 10.5. The second kappa shape index (κ2) is 15.1. The molecule has 230 valence electrons. The molecule has 1 fully saturated rings. The quantitative estimate of drug-likeness (QED) is 0.232. The van der Waals surface area contributed by atoms with Crippen molar-refractivity contribution in [2.45, 2.75) is 69.5 Å². The molecule has 0 heterocycles. The SMILES string of the molecule is CCOc1ccccc1N(CC(=O)N(Cc1cccc(Br)c1)[C@@H](C)C(=O)NC1CCCCC1)S(=O)(=O)c1ccc(Cl)cc1. The molecule has 0 aromatic heterocycles. The van der Waals surface area contributed by atoms with Crippen molar-refractivity contribution in [1.82, 2.24) is 10.2 Å². The number of ether oxygens (including phenoxy) is 1. The molecule has 4 rings (SSSR count). The van der Waals surface area contributed by atoms with Gasteiger partial charge in [-0.05, 0) is 80.8 Å². The number of halogens is 2. The minimum Gasteiger partial charge on any atom is -0.492 e. The minimum absolute atomic E-state index is 0.0300. The van der Waals surface area contributed by atoms with Gasteiger partial charge in [0.15, 0.2) is 0 Å². The summed E-state index contributed by atoms with van der Waals surface area (Å²) in [6, 6.07) is 19.1. The van der Waals surface area contributed by atoms with Crippen LogP contribution in [-0.2, 0) is 26.2 Å². The van der Waals surface area contributed by atoms with Crippen LogP contribution in [0.1, 0.15) is 51.5 Å². The Morgan fingerprint density at radius 3 is 2.40 bits per heavy atom. The van der Waals surface area contributed by atoms with E-state index in [1.807, 2.05) is 24.3 Å². The summed E-state index contributed by atoms with van der Waals surface area (Å²) in [5, 5.41) is 3.50. The van der Waals surface area contributed by atoms with Crippen LogP contribution in [0, 0.1) is 0 Å². The third-order valence-electron chi connectivity index (χ3n) is 7.48. The molecular weight excluding hydrogens is 654 g/mol. The van der Waals surface area contributed by atoms with Crippen LogP contribution >= 0.6 is 27.5 Å².